The molecule has 1 aliphatic rings. The average Bonchev–Trinajstić information content (AvgIpc) is 2.88. The van der Waals surface area contributed by atoms with Gasteiger partial charge in [-0.05, 0) is 24.4 Å². The Labute approximate surface area is 118 Å². The van der Waals surface area contributed by atoms with Crippen LogP contribution in [-0.4, -0.2) is 9.55 Å². The summed E-state index contributed by atoms with van der Waals surface area (Å²) in [5.41, 5.74) is 2.45. The summed E-state index contributed by atoms with van der Waals surface area (Å²) in [5.74, 6) is 0.792. The predicted octanol–water partition coefficient (Wildman–Crippen LogP) is 4.55. The summed E-state index contributed by atoms with van der Waals surface area (Å²) in [5, 5.41) is 1.46. The molecular weight excluding hydrogens is 277 g/mol. The zero-order valence-electron chi connectivity index (χ0n) is 11.4. The van der Waals surface area contributed by atoms with Gasteiger partial charge in [-0.1, -0.05) is 18.2 Å². The fraction of sp³-hybridized carbons (Fsp3) is 0.188. The molecule has 0 atom stereocenters. The number of hydrogen-bond acceptors (Lipinski definition) is 1. The highest BCUT2D eigenvalue weighted by Crippen LogP contribution is 2.48. The second-order valence-electron chi connectivity index (χ2n) is 5.34. The Bertz CT molecular complexity index is 904. The van der Waals surface area contributed by atoms with Gasteiger partial charge in [0.2, 0.25) is 0 Å². The third-order valence-corrected chi connectivity index (χ3v) is 4.13. The number of aromatic nitrogens is 2. The van der Waals surface area contributed by atoms with Crippen molar-refractivity contribution in [2.45, 2.75) is 13.1 Å². The largest absolute Gasteiger partial charge is 0.416 e. The van der Waals surface area contributed by atoms with Crippen LogP contribution < -0.4 is 0 Å². The zero-order valence-corrected chi connectivity index (χ0v) is 11.4. The lowest BCUT2D eigenvalue weighted by Crippen LogP contribution is -2.04. The first-order valence-electron chi connectivity index (χ1n) is 6.56. The van der Waals surface area contributed by atoms with Crippen molar-refractivity contribution < 1.29 is 13.2 Å². The van der Waals surface area contributed by atoms with Gasteiger partial charge in [-0.25, -0.2) is 4.98 Å². The maximum atomic E-state index is 13.1. The Hall–Kier alpha value is -2.30. The van der Waals surface area contributed by atoms with E-state index in [-0.39, 0.29) is 0 Å². The Kier molecular flexibility index (Phi) is 2.17. The van der Waals surface area contributed by atoms with Crippen LogP contribution in [0.1, 0.15) is 11.4 Å². The molecule has 5 heteroatoms. The molecular formula is C16H11F3N2. The molecule has 0 radical (unpaired) electrons. The molecule has 0 saturated heterocycles. The van der Waals surface area contributed by atoms with Gasteiger partial charge < -0.3 is 4.57 Å². The molecule has 2 nitrogen and oxygen atoms in total. The quantitative estimate of drug-likeness (QED) is 0.464. The van der Waals surface area contributed by atoms with Crippen LogP contribution in [0.3, 0.4) is 0 Å². The van der Waals surface area contributed by atoms with Gasteiger partial charge in [-0.15, -0.1) is 0 Å². The first-order chi connectivity index (χ1) is 9.88. The molecule has 3 aromatic rings. The summed E-state index contributed by atoms with van der Waals surface area (Å²) in [6.45, 7) is 1.85. The molecule has 4 rings (SSSR count). The fourth-order valence-corrected chi connectivity index (χ4v) is 3.08. The summed E-state index contributed by atoms with van der Waals surface area (Å²) in [7, 11) is 1.89. The molecule has 21 heavy (non-hydrogen) atoms. The standard InChI is InChI=1S/C16H11F3N2/c1-8-20-14-12-7-10(16(17,18)19)6-9-4-3-5-11(13(9)12)15(14)21(8)2/h3-7H,1-2H3. The van der Waals surface area contributed by atoms with E-state index in [9.17, 15) is 13.2 Å². The van der Waals surface area contributed by atoms with E-state index in [1.54, 1.807) is 12.1 Å². The van der Waals surface area contributed by atoms with E-state index < -0.39 is 11.7 Å². The first kappa shape index (κ1) is 12.4. The monoisotopic (exact) mass is 288 g/mol. The minimum absolute atomic E-state index is 0.578. The number of alkyl halides is 3. The van der Waals surface area contributed by atoms with Crippen molar-refractivity contribution >= 4 is 10.8 Å². The second kappa shape index (κ2) is 3.67. The van der Waals surface area contributed by atoms with E-state index in [0.29, 0.717) is 16.6 Å². The molecule has 106 valence electrons. The van der Waals surface area contributed by atoms with E-state index in [1.807, 2.05) is 24.6 Å². The highest BCUT2D eigenvalue weighted by Gasteiger charge is 2.34. The molecule has 0 fully saturated rings. The normalized spacial score (nSPS) is 13.0. The Morgan fingerprint density at radius 1 is 1.10 bits per heavy atom. The molecule has 1 heterocycles. The van der Waals surface area contributed by atoms with Crippen molar-refractivity contribution in [1.82, 2.24) is 9.55 Å². The summed E-state index contributed by atoms with van der Waals surface area (Å²) in [6, 6.07) is 7.87. The van der Waals surface area contributed by atoms with E-state index in [1.165, 1.54) is 12.1 Å². The van der Waals surface area contributed by atoms with Crippen molar-refractivity contribution in [3.05, 3.63) is 41.7 Å². The van der Waals surface area contributed by atoms with E-state index >= 15 is 0 Å². The number of imidazole rings is 1. The van der Waals surface area contributed by atoms with Crippen LogP contribution in [0.4, 0.5) is 13.2 Å². The van der Waals surface area contributed by atoms with Crippen molar-refractivity contribution in [3.63, 3.8) is 0 Å². The van der Waals surface area contributed by atoms with Gasteiger partial charge in [0.05, 0.1) is 17.0 Å². The highest BCUT2D eigenvalue weighted by atomic mass is 19.4. The zero-order chi connectivity index (χ0) is 14.9. The van der Waals surface area contributed by atoms with Crippen LogP contribution in [-0.2, 0) is 13.2 Å². The molecule has 1 aliphatic carbocycles. The Morgan fingerprint density at radius 2 is 1.86 bits per heavy atom. The van der Waals surface area contributed by atoms with Gasteiger partial charge in [0.15, 0.2) is 0 Å². The highest BCUT2D eigenvalue weighted by molar-refractivity contribution is 6.13. The molecule has 0 amide bonds. The van der Waals surface area contributed by atoms with Crippen LogP contribution in [0.15, 0.2) is 30.3 Å². The number of hydrogen-bond donors (Lipinski definition) is 0. The summed E-state index contributed by atoms with van der Waals surface area (Å²) in [4.78, 5) is 4.45. The smallest absolute Gasteiger partial charge is 0.331 e. The molecule has 0 aliphatic heterocycles. The van der Waals surface area contributed by atoms with E-state index in [4.69, 9.17) is 0 Å². The first-order valence-corrected chi connectivity index (χ1v) is 6.56. The number of rotatable bonds is 0. The summed E-state index contributed by atoms with van der Waals surface area (Å²) in [6.07, 6.45) is -4.35. The number of nitrogens with zero attached hydrogens (tertiary/aromatic N) is 2. The lowest BCUT2D eigenvalue weighted by Gasteiger charge is -2.10. The fourth-order valence-electron chi connectivity index (χ4n) is 3.08. The average molecular weight is 288 g/mol. The summed E-state index contributed by atoms with van der Waals surface area (Å²) >= 11 is 0. The van der Waals surface area contributed by atoms with Crippen molar-refractivity contribution in [2.24, 2.45) is 7.05 Å². The third-order valence-electron chi connectivity index (χ3n) is 4.13. The molecule has 0 bridgehead atoms. The molecule has 0 unspecified atom stereocenters. The predicted molar refractivity (Wildman–Crippen MR) is 74.9 cm³/mol. The lowest BCUT2D eigenvalue weighted by molar-refractivity contribution is -0.137. The molecule has 2 aromatic carbocycles. The summed E-state index contributed by atoms with van der Waals surface area (Å²) < 4.78 is 41.2. The van der Waals surface area contributed by atoms with Crippen molar-refractivity contribution in [1.29, 1.82) is 0 Å². The van der Waals surface area contributed by atoms with Crippen molar-refractivity contribution in [2.75, 3.05) is 0 Å². The van der Waals surface area contributed by atoms with Gasteiger partial charge in [0.25, 0.3) is 0 Å². The SMILES string of the molecule is Cc1nc2c(n1C)-c1cccc3cc(C(F)(F)F)cc-2c13. The van der Waals surface area contributed by atoms with E-state index in [2.05, 4.69) is 4.98 Å². The molecule has 0 N–H and O–H groups in total. The Morgan fingerprint density at radius 3 is 2.57 bits per heavy atom. The second-order valence-corrected chi connectivity index (χ2v) is 5.34. The third kappa shape index (κ3) is 1.51. The Balaban J connectivity index is 2.17. The van der Waals surface area contributed by atoms with Gasteiger partial charge in [0, 0.05) is 23.6 Å². The molecule has 1 aromatic heterocycles. The van der Waals surface area contributed by atoms with Crippen molar-refractivity contribution in [3.8, 4) is 22.5 Å². The van der Waals surface area contributed by atoms with Crippen LogP contribution in [0.25, 0.3) is 33.3 Å². The number of benzene rings is 2. The van der Waals surface area contributed by atoms with Gasteiger partial charge in [-0.3, -0.25) is 0 Å². The maximum absolute atomic E-state index is 13.1. The van der Waals surface area contributed by atoms with Gasteiger partial charge in [0.1, 0.15) is 5.82 Å². The molecule has 0 saturated carbocycles. The number of fused-ring (bicyclic) bond motifs is 3. The maximum Gasteiger partial charge on any atom is 0.416 e. The van der Waals surface area contributed by atoms with Gasteiger partial charge in [-0.2, -0.15) is 13.2 Å². The minimum Gasteiger partial charge on any atom is -0.331 e. The lowest BCUT2D eigenvalue weighted by atomic mass is 10.0. The van der Waals surface area contributed by atoms with Crippen LogP contribution in [0.5, 0.6) is 0 Å². The van der Waals surface area contributed by atoms with Crippen LogP contribution in [0, 0.1) is 6.92 Å². The topological polar surface area (TPSA) is 17.8 Å². The van der Waals surface area contributed by atoms with Gasteiger partial charge >= 0.3 is 6.18 Å². The number of aryl methyl sites for hydroxylation is 1. The number of halogens is 3. The molecule has 0 spiro atoms. The minimum atomic E-state index is -4.35. The van der Waals surface area contributed by atoms with Crippen LogP contribution in [0.2, 0.25) is 0 Å². The van der Waals surface area contributed by atoms with Crippen LogP contribution >= 0.6 is 0 Å². The van der Waals surface area contributed by atoms with E-state index in [0.717, 1.165) is 22.5 Å².